The first kappa shape index (κ1) is 13.3. The Kier molecular flexibility index (Phi) is 3.97. The summed E-state index contributed by atoms with van der Waals surface area (Å²) in [5.74, 6) is -0.722. The van der Waals surface area contributed by atoms with Gasteiger partial charge >= 0.3 is 0 Å². The number of hydrogen-bond acceptors (Lipinski definition) is 2. The predicted molar refractivity (Wildman–Crippen MR) is 72.9 cm³/mol. The van der Waals surface area contributed by atoms with Crippen molar-refractivity contribution in [3.05, 3.63) is 70.5 Å². The quantitative estimate of drug-likeness (QED) is 0.677. The fraction of sp³-hybridized carbons (Fsp3) is 0. The summed E-state index contributed by atoms with van der Waals surface area (Å²) in [7, 11) is 0. The third kappa shape index (κ3) is 3.42. The minimum Gasteiger partial charge on any atom is -0.508 e. The minimum atomic E-state index is -0.560. The number of carbonyl (C=O) groups excluding carboxylic acids is 1. The third-order valence-electron chi connectivity index (χ3n) is 2.50. The molecule has 0 saturated carbocycles. The number of phenols is 1. The molecular formula is C15H10ClFO2. The Hall–Kier alpha value is -2.13. The Labute approximate surface area is 114 Å². The van der Waals surface area contributed by atoms with Gasteiger partial charge in [0.15, 0.2) is 5.78 Å². The van der Waals surface area contributed by atoms with Gasteiger partial charge in [0.05, 0.1) is 5.02 Å². The van der Waals surface area contributed by atoms with E-state index < -0.39 is 5.82 Å². The van der Waals surface area contributed by atoms with Gasteiger partial charge in [0.25, 0.3) is 0 Å². The first-order chi connectivity index (χ1) is 9.06. The van der Waals surface area contributed by atoms with Crippen LogP contribution in [0.5, 0.6) is 5.75 Å². The number of benzene rings is 2. The topological polar surface area (TPSA) is 37.3 Å². The second-order valence-corrected chi connectivity index (χ2v) is 4.33. The summed E-state index contributed by atoms with van der Waals surface area (Å²) in [5, 5.41) is 9.20. The average Bonchev–Trinajstić information content (AvgIpc) is 2.39. The van der Waals surface area contributed by atoms with Crippen molar-refractivity contribution in [1.82, 2.24) is 0 Å². The summed E-state index contributed by atoms with van der Waals surface area (Å²) in [4.78, 5) is 11.8. The number of aromatic hydroxyl groups is 1. The molecule has 0 radical (unpaired) electrons. The van der Waals surface area contributed by atoms with Crippen molar-refractivity contribution in [2.45, 2.75) is 0 Å². The molecule has 2 rings (SSSR count). The molecule has 0 heterocycles. The molecule has 0 bridgehead atoms. The van der Waals surface area contributed by atoms with E-state index in [2.05, 4.69) is 0 Å². The zero-order chi connectivity index (χ0) is 13.8. The molecule has 0 atom stereocenters. The van der Waals surface area contributed by atoms with E-state index in [9.17, 15) is 14.3 Å². The van der Waals surface area contributed by atoms with Gasteiger partial charge < -0.3 is 5.11 Å². The van der Waals surface area contributed by atoms with Crippen LogP contribution in [0.2, 0.25) is 5.02 Å². The van der Waals surface area contributed by atoms with Crippen LogP contribution >= 0.6 is 11.6 Å². The predicted octanol–water partition coefficient (Wildman–Crippen LogP) is 4.08. The van der Waals surface area contributed by atoms with Crippen LogP contribution < -0.4 is 0 Å². The minimum absolute atomic E-state index is 0.0865. The lowest BCUT2D eigenvalue weighted by Gasteiger charge is -1.98. The highest BCUT2D eigenvalue weighted by Gasteiger charge is 2.05. The number of rotatable bonds is 3. The van der Waals surface area contributed by atoms with Crippen LogP contribution in [0.1, 0.15) is 15.9 Å². The Morgan fingerprint density at radius 3 is 2.68 bits per heavy atom. The molecule has 0 saturated heterocycles. The lowest BCUT2D eigenvalue weighted by Crippen LogP contribution is -1.94. The van der Waals surface area contributed by atoms with Crippen molar-refractivity contribution in [2.75, 3.05) is 0 Å². The molecule has 0 aliphatic heterocycles. The van der Waals surface area contributed by atoms with Gasteiger partial charge in [-0.15, -0.1) is 0 Å². The van der Waals surface area contributed by atoms with Gasteiger partial charge in [-0.25, -0.2) is 4.39 Å². The van der Waals surface area contributed by atoms with Crippen LogP contribution in [-0.2, 0) is 0 Å². The maximum Gasteiger partial charge on any atom is 0.185 e. The molecule has 0 aromatic heterocycles. The second kappa shape index (κ2) is 5.67. The van der Waals surface area contributed by atoms with Crippen molar-refractivity contribution in [3.8, 4) is 5.75 Å². The van der Waals surface area contributed by atoms with Crippen molar-refractivity contribution in [2.24, 2.45) is 0 Å². The van der Waals surface area contributed by atoms with E-state index in [0.717, 1.165) is 6.07 Å². The normalized spacial score (nSPS) is 10.8. The van der Waals surface area contributed by atoms with Crippen LogP contribution in [0.25, 0.3) is 6.08 Å². The molecule has 0 unspecified atom stereocenters. The number of ketones is 1. The monoisotopic (exact) mass is 276 g/mol. The van der Waals surface area contributed by atoms with Gasteiger partial charge in [-0.3, -0.25) is 4.79 Å². The number of allylic oxidation sites excluding steroid dienone is 1. The number of phenolic OH excluding ortho intramolecular Hbond substituents is 1. The summed E-state index contributed by atoms with van der Waals surface area (Å²) in [6.07, 6.45) is 2.91. The van der Waals surface area contributed by atoms with Crippen molar-refractivity contribution in [1.29, 1.82) is 0 Å². The smallest absolute Gasteiger partial charge is 0.185 e. The molecule has 0 aliphatic carbocycles. The fourth-order valence-electron chi connectivity index (χ4n) is 1.55. The van der Waals surface area contributed by atoms with E-state index in [1.165, 1.54) is 24.3 Å². The zero-order valence-corrected chi connectivity index (χ0v) is 10.6. The molecule has 2 aromatic rings. The molecule has 1 N–H and O–H groups in total. The van der Waals surface area contributed by atoms with Crippen LogP contribution in [0.3, 0.4) is 0 Å². The molecule has 0 amide bonds. The molecule has 19 heavy (non-hydrogen) atoms. The molecule has 4 heteroatoms. The Morgan fingerprint density at radius 1 is 1.21 bits per heavy atom. The Balaban J connectivity index is 2.19. The van der Waals surface area contributed by atoms with E-state index in [1.54, 1.807) is 24.3 Å². The lowest BCUT2D eigenvalue weighted by atomic mass is 10.1. The highest BCUT2D eigenvalue weighted by atomic mass is 35.5. The summed E-state index contributed by atoms with van der Waals surface area (Å²) < 4.78 is 13.0. The van der Waals surface area contributed by atoms with Gasteiger partial charge in [0.2, 0.25) is 0 Å². The van der Waals surface area contributed by atoms with E-state index in [1.807, 2.05) is 0 Å². The zero-order valence-electron chi connectivity index (χ0n) is 9.81. The summed E-state index contributed by atoms with van der Waals surface area (Å²) in [5.41, 5.74) is 1.00. The van der Waals surface area contributed by atoms with Crippen molar-refractivity contribution < 1.29 is 14.3 Å². The van der Waals surface area contributed by atoms with Gasteiger partial charge in [0.1, 0.15) is 11.6 Å². The Bertz CT molecular complexity index is 650. The van der Waals surface area contributed by atoms with Crippen LogP contribution in [0.4, 0.5) is 4.39 Å². The van der Waals surface area contributed by atoms with Gasteiger partial charge in [0, 0.05) is 5.56 Å². The largest absolute Gasteiger partial charge is 0.508 e. The lowest BCUT2D eigenvalue weighted by molar-refractivity contribution is 0.104. The Morgan fingerprint density at radius 2 is 2.00 bits per heavy atom. The number of hydrogen-bond donors (Lipinski definition) is 1. The van der Waals surface area contributed by atoms with E-state index in [-0.39, 0.29) is 16.6 Å². The molecule has 96 valence electrons. The van der Waals surface area contributed by atoms with Crippen LogP contribution in [-0.4, -0.2) is 10.9 Å². The maximum absolute atomic E-state index is 13.0. The van der Waals surface area contributed by atoms with Crippen molar-refractivity contribution >= 4 is 23.5 Å². The molecule has 2 aromatic carbocycles. The maximum atomic E-state index is 13.0. The summed E-state index contributed by atoms with van der Waals surface area (Å²) in [6.45, 7) is 0. The molecule has 2 nitrogen and oxygen atoms in total. The van der Waals surface area contributed by atoms with Crippen molar-refractivity contribution in [3.63, 3.8) is 0 Å². The standard InChI is InChI=1S/C15H10ClFO2/c16-13-9-11(5-6-14(13)17)15(19)7-4-10-2-1-3-12(18)8-10/h1-9,18H/b7-4+. The van der Waals surface area contributed by atoms with Crippen LogP contribution in [0.15, 0.2) is 48.5 Å². The highest BCUT2D eigenvalue weighted by Crippen LogP contribution is 2.17. The van der Waals surface area contributed by atoms with Gasteiger partial charge in [-0.1, -0.05) is 29.8 Å². The molecule has 0 fully saturated rings. The van der Waals surface area contributed by atoms with E-state index >= 15 is 0 Å². The summed E-state index contributed by atoms with van der Waals surface area (Å²) in [6, 6.07) is 10.3. The van der Waals surface area contributed by atoms with E-state index in [4.69, 9.17) is 11.6 Å². The van der Waals surface area contributed by atoms with E-state index in [0.29, 0.717) is 11.1 Å². The fourth-order valence-corrected chi connectivity index (χ4v) is 1.73. The van der Waals surface area contributed by atoms with Crippen LogP contribution in [0, 0.1) is 5.82 Å². The first-order valence-electron chi connectivity index (χ1n) is 5.53. The molecular weight excluding hydrogens is 267 g/mol. The highest BCUT2D eigenvalue weighted by molar-refractivity contribution is 6.31. The summed E-state index contributed by atoms with van der Waals surface area (Å²) >= 11 is 5.61. The molecule has 0 spiro atoms. The van der Waals surface area contributed by atoms with Gasteiger partial charge in [-0.2, -0.15) is 0 Å². The number of carbonyl (C=O) groups is 1. The average molecular weight is 277 g/mol. The second-order valence-electron chi connectivity index (χ2n) is 3.92. The first-order valence-corrected chi connectivity index (χ1v) is 5.90. The van der Waals surface area contributed by atoms with Gasteiger partial charge in [-0.05, 0) is 42.0 Å². The third-order valence-corrected chi connectivity index (χ3v) is 2.79. The molecule has 0 aliphatic rings. The number of halogens is 2. The SMILES string of the molecule is O=C(/C=C/c1cccc(O)c1)c1ccc(F)c(Cl)c1.